The molecule has 20 heteroatoms. The third-order valence-corrected chi connectivity index (χ3v) is 14.9. The van der Waals surface area contributed by atoms with Crippen LogP contribution in [0.4, 0.5) is 0 Å². The van der Waals surface area contributed by atoms with E-state index in [0.717, 1.165) is 34.5 Å². The van der Waals surface area contributed by atoms with Crippen LogP contribution >= 0.6 is 23.2 Å². The quantitative estimate of drug-likeness (QED) is 0.114. The minimum atomic E-state index is -3.76. The fourth-order valence-corrected chi connectivity index (χ4v) is 9.91. The molecular formula is C55H68Cl2N8O9S. The SMILES string of the molecule is COC[C@@H]1NC(=O)[C@H](CCS(C)(=O)=O)N(Cc2ccc(Cl)cc2Oc2ccc(-c3cnc(CN(C)C)n3C)cc2)C(=O)C[C@@H](Cc2ccccc2)C(=O)N(C)[C@@H](C)CNC(=O)C[C@H](Cc2ccc(Cl)cc2)N(C)C1=O. The van der Waals surface area contributed by atoms with Crippen molar-refractivity contribution in [3.8, 4) is 22.8 Å². The Morgan fingerprint density at radius 1 is 0.813 bits per heavy atom. The number of benzene rings is 4. The zero-order valence-corrected chi connectivity index (χ0v) is 46.1. The molecule has 1 aromatic heterocycles. The number of nitrogens with one attached hydrogen (secondary N) is 2. The van der Waals surface area contributed by atoms with Crippen LogP contribution in [0, 0.1) is 5.92 Å². The van der Waals surface area contributed by atoms with E-state index >= 15 is 9.59 Å². The summed E-state index contributed by atoms with van der Waals surface area (Å²) in [7, 11) is 6.63. The summed E-state index contributed by atoms with van der Waals surface area (Å²) in [4.78, 5) is 84.5. The third kappa shape index (κ3) is 16.3. The first-order chi connectivity index (χ1) is 35.6. The van der Waals surface area contributed by atoms with Gasteiger partial charge in [-0.05, 0) is 99.9 Å². The smallest absolute Gasteiger partial charge is 0.247 e. The second-order valence-corrected chi connectivity index (χ2v) is 22.7. The molecule has 17 nitrogen and oxygen atoms in total. The van der Waals surface area contributed by atoms with Crippen molar-refractivity contribution in [2.75, 3.05) is 60.5 Å². The fourth-order valence-electron chi connectivity index (χ4n) is 8.97. The molecule has 6 rings (SSSR count). The standard InChI is InChI=1S/C55H68Cl2N8O9S/c1-36-31-59-51(66)30-44(27-38-14-19-42(56)20-15-38)63(5)55(70)46(35-73-7)60-53(68)47(24-25-75(8,71)72)65(52(67)28-41(54(69)62(36)4)26-37-12-10-9-11-13-37)33-40-16-21-43(57)29-49(40)74-45-22-17-39(18-23-45)48-32-58-50(64(48)6)34-61(2)3/h9-23,29,32,36,41,44,46-47H,24-28,30-31,33-35H2,1-8H3,(H,59,66)(H,60,68)/t36-,41+,44-,46-,47-/m0/s1. The maximum absolute atomic E-state index is 15.4. The van der Waals surface area contributed by atoms with E-state index in [-0.39, 0.29) is 57.0 Å². The zero-order chi connectivity index (χ0) is 54.6. The Balaban J connectivity index is 1.44. The second-order valence-electron chi connectivity index (χ2n) is 19.5. The average Bonchev–Trinajstić information content (AvgIpc) is 3.72. The number of ether oxygens (including phenoxy) is 2. The number of amides is 5. The number of aromatic nitrogens is 2. The van der Waals surface area contributed by atoms with Crippen LogP contribution in [-0.2, 0) is 71.5 Å². The molecule has 1 aliphatic heterocycles. The molecule has 0 radical (unpaired) electrons. The Morgan fingerprint density at radius 2 is 1.48 bits per heavy atom. The average molecular weight is 1090 g/mol. The number of sulfone groups is 1. The Hall–Kier alpha value is -6.31. The van der Waals surface area contributed by atoms with Crippen molar-refractivity contribution in [2.45, 2.75) is 76.3 Å². The number of nitrogens with zero attached hydrogens (tertiary/aromatic N) is 6. The third-order valence-electron chi connectivity index (χ3n) is 13.4. The van der Waals surface area contributed by atoms with Crippen molar-refractivity contribution >= 4 is 62.6 Å². The van der Waals surface area contributed by atoms with Crippen molar-refractivity contribution in [1.29, 1.82) is 0 Å². The topological polar surface area (TPSA) is 193 Å². The summed E-state index contributed by atoms with van der Waals surface area (Å²) in [5.74, 6) is -2.83. The lowest BCUT2D eigenvalue weighted by Gasteiger charge is -2.36. The van der Waals surface area contributed by atoms with Crippen LogP contribution in [0.1, 0.15) is 48.7 Å². The van der Waals surface area contributed by atoms with Crippen molar-refractivity contribution in [1.82, 2.24) is 39.8 Å². The van der Waals surface area contributed by atoms with E-state index in [1.807, 2.05) is 79.3 Å². The summed E-state index contributed by atoms with van der Waals surface area (Å²) in [6.07, 6.45) is 2.26. The molecule has 2 heterocycles. The molecule has 0 unspecified atom stereocenters. The second kappa shape index (κ2) is 26.4. The van der Waals surface area contributed by atoms with Gasteiger partial charge < -0.3 is 44.3 Å². The lowest BCUT2D eigenvalue weighted by Crippen LogP contribution is -2.58. The van der Waals surface area contributed by atoms with Crippen LogP contribution in [0.25, 0.3) is 11.3 Å². The van der Waals surface area contributed by atoms with Crippen LogP contribution in [0.3, 0.4) is 0 Å². The van der Waals surface area contributed by atoms with E-state index in [9.17, 15) is 22.8 Å². The van der Waals surface area contributed by atoms with Gasteiger partial charge in [-0.2, -0.15) is 0 Å². The minimum Gasteiger partial charge on any atom is -0.457 e. The predicted molar refractivity (Wildman–Crippen MR) is 290 cm³/mol. The van der Waals surface area contributed by atoms with E-state index in [2.05, 4.69) is 15.6 Å². The number of imidazole rings is 1. The molecule has 1 saturated heterocycles. The van der Waals surface area contributed by atoms with Crippen molar-refractivity contribution in [3.63, 3.8) is 0 Å². The zero-order valence-electron chi connectivity index (χ0n) is 43.8. The maximum atomic E-state index is 15.4. The number of rotatable bonds is 16. The van der Waals surface area contributed by atoms with Gasteiger partial charge in [0.2, 0.25) is 29.5 Å². The molecule has 5 aromatic rings. The molecule has 402 valence electrons. The van der Waals surface area contributed by atoms with Gasteiger partial charge in [0.25, 0.3) is 0 Å². The normalized spacial score (nSPS) is 20.0. The van der Waals surface area contributed by atoms with Gasteiger partial charge in [-0.15, -0.1) is 0 Å². The number of methoxy groups -OCH3 is 1. The van der Waals surface area contributed by atoms with Gasteiger partial charge in [-0.25, -0.2) is 13.4 Å². The highest BCUT2D eigenvalue weighted by Crippen LogP contribution is 2.33. The highest BCUT2D eigenvalue weighted by Gasteiger charge is 2.38. The van der Waals surface area contributed by atoms with Crippen molar-refractivity contribution in [2.24, 2.45) is 13.0 Å². The molecule has 0 aliphatic carbocycles. The maximum Gasteiger partial charge on any atom is 0.247 e. The lowest BCUT2D eigenvalue weighted by molar-refractivity contribution is -0.147. The van der Waals surface area contributed by atoms with Gasteiger partial charge in [0.1, 0.15) is 39.2 Å². The first kappa shape index (κ1) is 58.0. The van der Waals surface area contributed by atoms with Gasteiger partial charge in [-0.3, -0.25) is 24.0 Å². The van der Waals surface area contributed by atoms with E-state index in [4.69, 9.17) is 32.7 Å². The number of halogens is 2. The molecule has 75 heavy (non-hydrogen) atoms. The molecule has 5 amide bonds. The van der Waals surface area contributed by atoms with Crippen LogP contribution in [0.2, 0.25) is 10.0 Å². The number of carbonyl (C=O) groups excluding carboxylic acids is 5. The van der Waals surface area contributed by atoms with Gasteiger partial charge in [0.05, 0.1) is 43.3 Å². The van der Waals surface area contributed by atoms with Gasteiger partial charge in [-0.1, -0.05) is 71.7 Å². The Morgan fingerprint density at radius 3 is 2.13 bits per heavy atom. The first-order valence-corrected chi connectivity index (χ1v) is 27.5. The first-order valence-electron chi connectivity index (χ1n) is 24.7. The number of hydrogen-bond donors (Lipinski definition) is 2. The molecule has 0 spiro atoms. The number of likely N-dealkylation sites (N-methyl/N-ethyl adjacent to an activating group) is 2. The molecule has 5 atom stereocenters. The molecule has 2 N–H and O–H groups in total. The van der Waals surface area contributed by atoms with Crippen molar-refractivity contribution in [3.05, 3.63) is 136 Å². The summed E-state index contributed by atoms with van der Waals surface area (Å²) in [5, 5.41) is 6.56. The summed E-state index contributed by atoms with van der Waals surface area (Å²) < 4.78 is 40.0. The molecular weight excluding hydrogens is 1020 g/mol. The van der Waals surface area contributed by atoms with E-state index in [1.54, 1.807) is 68.6 Å². The predicted octanol–water partition coefficient (Wildman–Crippen LogP) is 6.20. The number of hydrogen-bond acceptors (Lipinski definition) is 11. The summed E-state index contributed by atoms with van der Waals surface area (Å²) in [6, 6.07) is 24.2. The molecule has 0 bridgehead atoms. The summed E-state index contributed by atoms with van der Waals surface area (Å²) >= 11 is 12.8. The Bertz CT molecular complexity index is 2890. The lowest BCUT2D eigenvalue weighted by atomic mass is 9.93. The molecule has 1 fully saturated rings. The summed E-state index contributed by atoms with van der Waals surface area (Å²) in [5.41, 5.74) is 3.74. The molecule has 0 saturated carbocycles. The van der Waals surface area contributed by atoms with Gasteiger partial charge >= 0.3 is 0 Å². The molecule has 4 aromatic carbocycles. The largest absolute Gasteiger partial charge is 0.457 e. The van der Waals surface area contributed by atoms with E-state index in [0.29, 0.717) is 27.9 Å². The van der Waals surface area contributed by atoms with Crippen LogP contribution < -0.4 is 15.4 Å². The van der Waals surface area contributed by atoms with Gasteiger partial charge in [0, 0.05) is 87.2 Å². The Kier molecular flexibility index (Phi) is 20.4. The van der Waals surface area contributed by atoms with Crippen LogP contribution in [0.5, 0.6) is 11.5 Å². The minimum absolute atomic E-state index is 0.0591. The van der Waals surface area contributed by atoms with Crippen molar-refractivity contribution < 1.29 is 41.9 Å². The number of carbonyl (C=O) groups is 5. The highest BCUT2D eigenvalue weighted by atomic mass is 35.5. The summed E-state index contributed by atoms with van der Waals surface area (Å²) in [6.45, 7) is 1.87. The highest BCUT2D eigenvalue weighted by molar-refractivity contribution is 7.90. The van der Waals surface area contributed by atoms with Crippen LogP contribution in [0.15, 0.2) is 103 Å². The fraction of sp³-hybridized carbons (Fsp3) is 0.418. The Labute approximate surface area is 450 Å². The molecule has 1 aliphatic rings. The van der Waals surface area contributed by atoms with Crippen LogP contribution in [-0.4, -0.2) is 152 Å². The van der Waals surface area contributed by atoms with E-state index < -0.39 is 75.7 Å². The monoisotopic (exact) mass is 1090 g/mol. The van der Waals surface area contributed by atoms with Gasteiger partial charge in [0.15, 0.2) is 0 Å². The van der Waals surface area contributed by atoms with E-state index in [1.165, 1.54) is 28.9 Å².